The molecule has 4 aliphatic carbocycles. The molecule has 0 aromatic rings. The summed E-state index contributed by atoms with van der Waals surface area (Å²) in [5.41, 5.74) is -6.64. The van der Waals surface area contributed by atoms with E-state index in [9.17, 15) is 30.0 Å². The first kappa shape index (κ1) is 24.7. The standard InChI is InChI=1S/C28H38O8/c1-14-12-20(35-22(31)15(14)2)25(5,32)27(34)11-10-26(33)17-13-21-28(36-21)19(30)7-6-18(29)24(28,4)16(17)8-9-23(26,27)3/h6-7,16-17,19-21,30,32-34H,8-13H2,1-5H3/t16-,17+,19-,20-,21+,23-,24-,25-,26+,27-,28-/m0/s1. The van der Waals surface area contributed by atoms with Gasteiger partial charge in [-0.1, -0.05) is 12.5 Å². The number of rotatable bonds is 2. The zero-order chi connectivity index (χ0) is 26.3. The Balaban J connectivity index is 1.39. The van der Waals surface area contributed by atoms with Crippen LogP contribution in [0.25, 0.3) is 0 Å². The topological polar surface area (TPSA) is 137 Å². The number of hydrogen-bond acceptors (Lipinski definition) is 8. The van der Waals surface area contributed by atoms with Crippen molar-refractivity contribution in [3.63, 3.8) is 0 Å². The van der Waals surface area contributed by atoms with Crippen molar-refractivity contribution in [3.05, 3.63) is 23.3 Å². The third kappa shape index (κ3) is 2.40. The Bertz CT molecular complexity index is 1120. The van der Waals surface area contributed by atoms with Crippen molar-refractivity contribution >= 4 is 11.8 Å². The number of aliphatic hydroxyl groups excluding tert-OH is 1. The number of allylic oxidation sites excluding steroid dienone is 1. The van der Waals surface area contributed by atoms with Gasteiger partial charge in [0.05, 0.1) is 17.1 Å². The summed E-state index contributed by atoms with van der Waals surface area (Å²) < 4.78 is 11.7. The number of fused-ring (bicyclic) bond motifs is 4. The van der Waals surface area contributed by atoms with Gasteiger partial charge in [-0.15, -0.1) is 0 Å². The number of carbonyl (C=O) groups is 2. The van der Waals surface area contributed by atoms with Crippen LogP contribution in [0.4, 0.5) is 0 Å². The Labute approximate surface area is 211 Å². The molecule has 6 rings (SSSR count). The lowest BCUT2D eigenvalue weighted by Crippen LogP contribution is -2.73. The van der Waals surface area contributed by atoms with E-state index in [0.717, 1.165) is 5.57 Å². The van der Waals surface area contributed by atoms with Crippen LogP contribution in [-0.2, 0) is 19.1 Å². The molecule has 0 aromatic heterocycles. The summed E-state index contributed by atoms with van der Waals surface area (Å²) in [5.74, 6) is -1.19. The van der Waals surface area contributed by atoms with E-state index < -0.39 is 51.4 Å². The second-order valence-corrected chi connectivity index (χ2v) is 13.0. The van der Waals surface area contributed by atoms with Crippen molar-refractivity contribution < 1.29 is 39.5 Å². The molecule has 0 aromatic carbocycles. The summed E-state index contributed by atoms with van der Waals surface area (Å²) in [6, 6.07) is 0. The van der Waals surface area contributed by atoms with E-state index in [-0.39, 0.29) is 36.6 Å². The summed E-state index contributed by atoms with van der Waals surface area (Å²) in [6.07, 6.45) is 2.84. The first-order valence-electron chi connectivity index (χ1n) is 13.2. The molecule has 0 bridgehead atoms. The molecule has 6 aliphatic rings. The van der Waals surface area contributed by atoms with Gasteiger partial charge in [-0.2, -0.15) is 0 Å². The molecule has 3 saturated carbocycles. The van der Waals surface area contributed by atoms with Crippen molar-refractivity contribution in [1.82, 2.24) is 0 Å². The van der Waals surface area contributed by atoms with E-state index in [1.165, 1.54) is 19.1 Å². The molecule has 11 atom stereocenters. The van der Waals surface area contributed by atoms with Crippen LogP contribution in [0.3, 0.4) is 0 Å². The highest BCUT2D eigenvalue weighted by molar-refractivity contribution is 5.98. The predicted molar refractivity (Wildman–Crippen MR) is 127 cm³/mol. The minimum atomic E-state index is -1.81. The summed E-state index contributed by atoms with van der Waals surface area (Å²) in [4.78, 5) is 25.8. The molecule has 1 spiro atoms. The molecule has 2 aliphatic heterocycles. The highest BCUT2D eigenvalue weighted by atomic mass is 16.6. The molecule has 1 saturated heterocycles. The zero-order valence-electron chi connectivity index (χ0n) is 21.7. The largest absolute Gasteiger partial charge is 0.455 e. The minimum Gasteiger partial charge on any atom is -0.455 e. The quantitative estimate of drug-likeness (QED) is 0.331. The second kappa shape index (κ2) is 6.89. The highest BCUT2D eigenvalue weighted by Crippen LogP contribution is 2.75. The van der Waals surface area contributed by atoms with Gasteiger partial charge in [-0.25, -0.2) is 4.79 Å². The summed E-state index contributed by atoms with van der Waals surface area (Å²) in [5, 5.41) is 47.5. The van der Waals surface area contributed by atoms with Crippen LogP contribution in [0.15, 0.2) is 23.3 Å². The van der Waals surface area contributed by atoms with Gasteiger partial charge in [-0.3, -0.25) is 4.79 Å². The third-order valence-electron chi connectivity index (χ3n) is 12.1. The lowest BCUT2D eigenvalue weighted by molar-refractivity contribution is -0.283. The number of carbonyl (C=O) groups excluding carboxylic acids is 2. The van der Waals surface area contributed by atoms with Crippen LogP contribution >= 0.6 is 0 Å². The van der Waals surface area contributed by atoms with Crippen LogP contribution < -0.4 is 0 Å². The lowest BCUT2D eigenvalue weighted by atomic mass is 9.42. The van der Waals surface area contributed by atoms with Crippen molar-refractivity contribution in [3.8, 4) is 0 Å². The predicted octanol–water partition coefficient (Wildman–Crippen LogP) is 1.73. The van der Waals surface area contributed by atoms with Gasteiger partial charge >= 0.3 is 5.97 Å². The zero-order valence-corrected chi connectivity index (χ0v) is 21.7. The number of epoxide rings is 1. The molecule has 0 amide bonds. The normalized spacial score (nSPS) is 55.2. The molecule has 2 heterocycles. The Morgan fingerprint density at radius 3 is 2.44 bits per heavy atom. The van der Waals surface area contributed by atoms with Gasteiger partial charge in [0.2, 0.25) is 0 Å². The number of hydrogen-bond donors (Lipinski definition) is 4. The SMILES string of the molecule is CC1=C(C)C(=O)O[C@H]([C@](C)(O)[C@]2(O)CC[C@@]3(O)[C@@H]4C[C@H]5O[C@@]56[C@@H](O)C=CC(=O)[C@]6(C)[C@H]4CC[C@]23C)C1. The maximum atomic E-state index is 13.3. The Hall–Kier alpha value is -1.58. The van der Waals surface area contributed by atoms with Crippen LogP contribution in [0.2, 0.25) is 0 Å². The fourth-order valence-corrected chi connectivity index (χ4v) is 9.42. The van der Waals surface area contributed by atoms with E-state index in [2.05, 4.69) is 0 Å². The maximum absolute atomic E-state index is 13.3. The molecular weight excluding hydrogens is 464 g/mol. The van der Waals surface area contributed by atoms with Crippen molar-refractivity contribution in [2.45, 2.75) is 114 Å². The van der Waals surface area contributed by atoms with Crippen LogP contribution in [0.5, 0.6) is 0 Å². The average molecular weight is 503 g/mol. The molecule has 4 N–H and O–H groups in total. The molecule has 4 fully saturated rings. The lowest BCUT2D eigenvalue weighted by Gasteiger charge is -2.63. The molecular formula is C28H38O8. The minimum absolute atomic E-state index is 0.0933. The van der Waals surface area contributed by atoms with Crippen molar-refractivity contribution in [1.29, 1.82) is 0 Å². The number of aliphatic hydroxyl groups is 4. The van der Waals surface area contributed by atoms with Gasteiger partial charge in [0.1, 0.15) is 29.0 Å². The maximum Gasteiger partial charge on any atom is 0.334 e. The fraction of sp³-hybridized carbons (Fsp3) is 0.786. The smallest absolute Gasteiger partial charge is 0.334 e. The third-order valence-corrected chi connectivity index (χ3v) is 12.1. The first-order valence-corrected chi connectivity index (χ1v) is 13.2. The van der Waals surface area contributed by atoms with Gasteiger partial charge in [-0.05, 0) is 83.8 Å². The molecule has 8 heteroatoms. The number of ether oxygens (including phenoxy) is 2. The Morgan fingerprint density at radius 2 is 1.78 bits per heavy atom. The van der Waals surface area contributed by atoms with E-state index in [1.807, 2.05) is 20.8 Å². The highest BCUT2D eigenvalue weighted by Gasteiger charge is 2.84. The van der Waals surface area contributed by atoms with Gasteiger partial charge in [0.15, 0.2) is 5.78 Å². The number of ketones is 1. The van der Waals surface area contributed by atoms with E-state index in [4.69, 9.17) is 9.47 Å². The fourth-order valence-electron chi connectivity index (χ4n) is 9.42. The van der Waals surface area contributed by atoms with Crippen molar-refractivity contribution in [2.24, 2.45) is 22.7 Å². The molecule has 198 valence electrons. The Kier molecular flexibility index (Phi) is 4.73. The van der Waals surface area contributed by atoms with E-state index in [0.29, 0.717) is 31.3 Å². The van der Waals surface area contributed by atoms with Gasteiger partial charge in [0, 0.05) is 17.4 Å². The molecule has 8 nitrogen and oxygen atoms in total. The van der Waals surface area contributed by atoms with Crippen molar-refractivity contribution in [2.75, 3.05) is 0 Å². The average Bonchev–Trinajstić information content (AvgIpc) is 3.51. The molecule has 0 unspecified atom stereocenters. The second-order valence-electron chi connectivity index (χ2n) is 13.0. The van der Waals surface area contributed by atoms with Gasteiger partial charge in [0.25, 0.3) is 0 Å². The molecule has 0 radical (unpaired) electrons. The van der Waals surface area contributed by atoms with Crippen LogP contribution in [-0.4, -0.2) is 72.9 Å². The first-order chi connectivity index (χ1) is 16.6. The Morgan fingerprint density at radius 1 is 1.08 bits per heavy atom. The number of esters is 1. The monoisotopic (exact) mass is 502 g/mol. The molecule has 36 heavy (non-hydrogen) atoms. The van der Waals surface area contributed by atoms with Crippen LogP contribution in [0, 0.1) is 22.7 Å². The number of cyclic esters (lactones) is 1. The summed E-state index contributed by atoms with van der Waals surface area (Å²) in [7, 11) is 0. The van der Waals surface area contributed by atoms with E-state index >= 15 is 0 Å². The summed E-state index contributed by atoms with van der Waals surface area (Å²) in [6.45, 7) is 8.73. The summed E-state index contributed by atoms with van der Waals surface area (Å²) >= 11 is 0. The van der Waals surface area contributed by atoms with Crippen LogP contribution in [0.1, 0.15) is 73.1 Å². The van der Waals surface area contributed by atoms with Gasteiger partial charge < -0.3 is 29.9 Å². The van der Waals surface area contributed by atoms with E-state index in [1.54, 1.807) is 6.92 Å².